The molecule has 2 heterocycles. The molecule has 0 bridgehead atoms. The number of nitro groups is 1. The summed E-state index contributed by atoms with van der Waals surface area (Å²) in [6, 6.07) is 5.45. The zero-order valence-corrected chi connectivity index (χ0v) is 15.7. The number of anilines is 1. The first-order valence-electron chi connectivity index (χ1n) is 8.46. The van der Waals surface area contributed by atoms with Crippen molar-refractivity contribution < 1.29 is 9.66 Å². The van der Waals surface area contributed by atoms with Gasteiger partial charge in [0.25, 0.3) is 11.2 Å². The van der Waals surface area contributed by atoms with Crippen LogP contribution in [0, 0.1) is 10.1 Å². The summed E-state index contributed by atoms with van der Waals surface area (Å²) in [5.41, 5.74) is 0.236. The van der Waals surface area contributed by atoms with Crippen molar-refractivity contribution in [2.75, 3.05) is 32.1 Å². The maximum atomic E-state index is 12.6. The van der Waals surface area contributed by atoms with Gasteiger partial charge in [0.1, 0.15) is 5.02 Å². The lowest BCUT2D eigenvalue weighted by molar-refractivity contribution is -0.384. The molecular formula is C17H20ClN5O4. The number of nitro benzene ring substituents is 1. The van der Waals surface area contributed by atoms with Gasteiger partial charge in [0.2, 0.25) is 0 Å². The second-order valence-corrected chi connectivity index (χ2v) is 6.85. The Balaban J connectivity index is 1.80. The SMILES string of the molecule is CC(Nc1cnn(-c2ccc([N+](=O)[O-])cc2)c(=O)c1Cl)C1CN(C)CCO1. The lowest BCUT2D eigenvalue weighted by atomic mass is 10.1. The highest BCUT2D eigenvalue weighted by atomic mass is 35.5. The van der Waals surface area contributed by atoms with E-state index in [1.54, 1.807) is 0 Å². The number of likely N-dealkylation sites (N-methyl/N-ethyl adjacent to an activating group) is 1. The first-order chi connectivity index (χ1) is 12.9. The van der Waals surface area contributed by atoms with Crippen molar-refractivity contribution >= 4 is 23.0 Å². The zero-order chi connectivity index (χ0) is 19.6. The predicted octanol–water partition coefficient (Wildman–Crippen LogP) is 1.93. The Morgan fingerprint density at radius 1 is 1.41 bits per heavy atom. The minimum Gasteiger partial charge on any atom is -0.377 e. The third kappa shape index (κ3) is 4.26. The number of ether oxygens (including phenoxy) is 1. The summed E-state index contributed by atoms with van der Waals surface area (Å²) in [4.78, 5) is 25.0. The van der Waals surface area contributed by atoms with Gasteiger partial charge in [0.05, 0.1) is 41.2 Å². The summed E-state index contributed by atoms with van der Waals surface area (Å²) in [6.45, 7) is 4.28. The number of aromatic nitrogens is 2. The molecule has 1 fully saturated rings. The van der Waals surface area contributed by atoms with Crippen molar-refractivity contribution in [3.05, 3.63) is 56.0 Å². The van der Waals surface area contributed by atoms with E-state index in [1.807, 2.05) is 14.0 Å². The number of nitrogens with zero attached hydrogens (tertiary/aromatic N) is 4. The van der Waals surface area contributed by atoms with Gasteiger partial charge in [-0.1, -0.05) is 11.6 Å². The van der Waals surface area contributed by atoms with Gasteiger partial charge in [-0.25, -0.2) is 0 Å². The standard InChI is InChI=1S/C17H20ClN5O4/c1-11(15-10-21(2)7-8-27-15)20-14-9-19-22(17(24)16(14)18)12-3-5-13(6-4-12)23(25)26/h3-6,9,11,15,20H,7-8,10H2,1-2H3. The van der Waals surface area contributed by atoms with Gasteiger partial charge in [0, 0.05) is 25.2 Å². The monoisotopic (exact) mass is 393 g/mol. The Bertz CT molecular complexity index is 886. The smallest absolute Gasteiger partial charge is 0.292 e. The maximum Gasteiger partial charge on any atom is 0.292 e. The molecule has 1 N–H and O–H groups in total. The average Bonchev–Trinajstić information content (AvgIpc) is 2.65. The van der Waals surface area contributed by atoms with E-state index in [2.05, 4.69) is 15.3 Å². The number of hydrogen-bond acceptors (Lipinski definition) is 7. The minimum absolute atomic E-state index is 0.000586. The van der Waals surface area contributed by atoms with Crippen LogP contribution in [0.25, 0.3) is 5.69 Å². The van der Waals surface area contributed by atoms with Crippen LogP contribution < -0.4 is 10.9 Å². The first-order valence-corrected chi connectivity index (χ1v) is 8.84. The molecule has 1 aromatic carbocycles. The molecule has 2 atom stereocenters. The van der Waals surface area contributed by atoms with Crippen LogP contribution in [0.1, 0.15) is 6.92 Å². The number of rotatable bonds is 5. The molecule has 0 aliphatic carbocycles. The van der Waals surface area contributed by atoms with E-state index in [1.165, 1.54) is 30.5 Å². The Hall–Kier alpha value is -2.49. The Morgan fingerprint density at radius 2 is 2.11 bits per heavy atom. The molecule has 9 nitrogen and oxygen atoms in total. The van der Waals surface area contributed by atoms with Crippen LogP contribution in [-0.4, -0.2) is 58.5 Å². The maximum absolute atomic E-state index is 12.6. The summed E-state index contributed by atoms with van der Waals surface area (Å²) in [6.07, 6.45) is 1.44. The van der Waals surface area contributed by atoms with Crippen LogP contribution in [-0.2, 0) is 4.74 Å². The molecular weight excluding hydrogens is 374 g/mol. The summed E-state index contributed by atoms with van der Waals surface area (Å²) in [5.74, 6) is 0. The second kappa shape index (κ2) is 8.03. The van der Waals surface area contributed by atoms with Crippen molar-refractivity contribution in [1.29, 1.82) is 0 Å². The van der Waals surface area contributed by atoms with Crippen LogP contribution in [0.4, 0.5) is 11.4 Å². The van der Waals surface area contributed by atoms with Crippen molar-refractivity contribution in [3.8, 4) is 5.69 Å². The number of benzene rings is 1. The Labute approximate surface area is 160 Å². The number of non-ortho nitro benzene ring substituents is 1. The van der Waals surface area contributed by atoms with Crippen molar-refractivity contribution in [3.63, 3.8) is 0 Å². The van der Waals surface area contributed by atoms with Gasteiger partial charge in [-0.05, 0) is 26.1 Å². The van der Waals surface area contributed by atoms with E-state index in [0.717, 1.165) is 17.8 Å². The first kappa shape index (κ1) is 19.3. The predicted molar refractivity (Wildman–Crippen MR) is 102 cm³/mol. The molecule has 0 saturated carbocycles. The van der Waals surface area contributed by atoms with Gasteiger partial charge in [-0.3, -0.25) is 14.9 Å². The fraction of sp³-hybridized carbons (Fsp3) is 0.412. The molecule has 144 valence electrons. The molecule has 0 spiro atoms. The van der Waals surface area contributed by atoms with Gasteiger partial charge >= 0.3 is 0 Å². The van der Waals surface area contributed by atoms with E-state index in [9.17, 15) is 14.9 Å². The topological polar surface area (TPSA) is 103 Å². The summed E-state index contributed by atoms with van der Waals surface area (Å²) in [7, 11) is 2.03. The second-order valence-electron chi connectivity index (χ2n) is 6.47. The highest BCUT2D eigenvalue weighted by Gasteiger charge is 2.24. The van der Waals surface area contributed by atoms with Gasteiger partial charge in [-0.15, -0.1) is 0 Å². The van der Waals surface area contributed by atoms with E-state index < -0.39 is 10.5 Å². The molecule has 1 aliphatic heterocycles. The van der Waals surface area contributed by atoms with E-state index in [0.29, 0.717) is 18.0 Å². The number of nitrogens with one attached hydrogen (secondary N) is 1. The normalized spacial score (nSPS) is 18.9. The molecule has 10 heteroatoms. The molecule has 2 unspecified atom stereocenters. The van der Waals surface area contributed by atoms with Gasteiger partial charge in [-0.2, -0.15) is 9.78 Å². The third-order valence-electron chi connectivity index (χ3n) is 4.46. The van der Waals surface area contributed by atoms with Crippen LogP contribution >= 0.6 is 11.6 Å². The molecule has 0 amide bonds. The van der Waals surface area contributed by atoms with E-state index >= 15 is 0 Å². The summed E-state index contributed by atoms with van der Waals surface area (Å²) >= 11 is 6.25. The molecule has 1 aromatic heterocycles. The summed E-state index contributed by atoms with van der Waals surface area (Å²) < 4.78 is 6.87. The fourth-order valence-electron chi connectivity index (χ4n) is 2.88. The molecule has 3 rings (SSSR count). The van der Waals surface area contributed by atoms with Crippen molar-refractivity contribution in [1.82, 2.24) is 14.7 Å². The van der Waals surface area contributed by atoms with Gasteiger partial charge in [0.15, 0.2) is 0 Å². The molecule has 2 aromatic rings. The highest BCUT2D eigenvalue weighted by Crippen LogP contribution is 2.20. The number of halogens is 1. The molecule has 0 radical (unpaired) electrons. The number of hydrogen-bond donors (Lipinski definition) is 1. The summed E-state index contributed by atoms with van der Waals surface area (Å²) in [5, 5.41) is 18.1. The van der Waals surface area contributed by atoms with Crippen molar-refractivity contribution in [2.45, 2.75) is 19.1 Å². The quantitative estimate of drug-likeness (QED) is 0.611. The average molecular weight is 394 g/mol. The van der Waals surface area contributed by atoms with Crippen LogP contribution in [0.15, 0.2) is 35.3 Å². The minimum atomic E-state index is -0.510. The fourth-order valence-corrected chi connectivity index (χ4v) is 3.07. The lowest BCUT2D eigenvalue weighted by Crippen LogP contribution is -2.47. The van der Waals surface area contributed by atoms with E-state index in [4.69, 9.17) is 16.3 Å². The van der Waals surface area contributed by atoms with E-state index in [-0.39, 0.29) is 22.9 Å². The zero-order valence-electron chi connectivity index (χ0n) is 15.0. The largest absolute Gasteiger partial charge is 0.377 e. The van der Waals surface area contributed by atoms with Crippen molar-refractivity contribution in [2.24, 2.45) is 0 Å². The van der Waals surface area contributed by atoms with Crippen LogP contribution in [0.3, 0.4) is 0 Å². The molecule has 27 heavy (non-hydrogen) atoms. The highest BCUT2D eigenvalue weighted by molar-refractivity contribution is 6.33. The van der Waals surface area contributed by atoms with Crippen LogP contribution in [0.5, 0.6) is 0 Å². The number of morpholine rings is 1. The molecule has 1 saturated heterocycles. The lowest BCUT2D eigenvalue weighted by Gasteiger charge is -2.34. The Kier molecular flexibility index (Phi) is 5.73. The third-order valence-corrected chi connectivity index (χ3v) is 4.83. The van der Waals surface area contributed by atoms with Gasteiger partial charge < -0.3 is 15.0 Å². The molecule has 1 aliphatic rings. The van der Waals surface area contributed by atoms with Crippen LogP contribution in [0.2, 0.25) is 5.02 Å². The Morgan fingerprint density at radius 3 is 2.74 bits per heavy atom.